The average Bonchev–Trinajstić information content (AvgIpc) is 2.56. The number of likely N-dealkylation sites (tertiary alicyclic amines) is 1. The van der Waals surface area contributed by atoms with Gasteiger partial charge < -0.3 is 10.2 Å². The highest BCUT2D eigenvalue weighted by Crippen LogP contribution is 2.32. The number of carbonyl (C=O) groups is 1. The van der Waals surface area contributed by atoms with E-state index in [1.807, 2.05) is 13.0 Å². The van der Waals surface area contributed by atoms with Crippen molar-refractivity contribution in [1.29, 1.82) is 0 Å². The molecular weight excluding hydrogens is 272 g/mol. The monoisotopic (exact) mass is 304 g/mol. The van der Waals surface area contributed by atoms with E-state index < -0.39 is 0 Å². The number of hydrogen-bond acceptors (Lipinski definition) is 2. The van der Waals surface area contributed by atoms with Gasteiger partial charge in [0.15, 0.2) is 0 Å². The first-order valence-electron chi connectivity index (χ1n) is 8.65. The lowest BCUT2D eigenvalue weighted by Gasteiger charge is -2.36. The summed E-state index contributed by atoms with van der Waals surface area (Å²) in [5.74, 6) is 0.623. The fourth-order valence-electron chi connectivity index (χ4n) is 2.79. The predicted octanol–water partition coefficient (Wildman–Crippen LogP) is 3.66. The Hall–Kier alpha value is -1.35. The second-order valence-electron chi connectivity index (χ2n) is 6.07. The Bertz CT molecular complexity index is 417. The third-order valence-corrected chi connectivity index (χ3v) is 4.23. The van der Waals surface area contributed by atoms with Crippen molar-refractivity contribution < 1.29 is 4.79 Å². The number of nitrogens with one attached hydrogen (secondary N) is 1. The number of unbranched alkanes of at least 4 members (excludes halogenated alkanes) is 1. The van der Waals surface area contributed by atoms with Crippen LogP contribution in [-0.2, 0) is 4.79 Å². The molecule has 1 heterocycles. The summed E-state index contributed by atoms with van der Waals surface area (Å²) < 4.78 is 0. The number of nitrogens with zero attached hydrogens (tertiary/aromatic N) is 1. The van der Waals surface area contributed by atoms with E-state index in [0.717, 1.165) is 19.5 Å². The quantitative estimate of drug-likeness (QED) is 0.920. The fraction of sp³-hybridized carbons (Fsp3) is 0.632. The Morgan fingerprint density at radius 1 is 1.18 bits per heavy atom. The van der Waals surface area contributed by atoms with Gasteiger partial charge in [-0.1, -0.05) is 57.0 Å². The number of rotatable bonds is 4. The summed E-state index contributed by atoms with van der Waals surface area (Å²) in [5, 5.41) is 2.97. The van der Waals surface area contributed by atoms with Crippen LogP contribution in [0.4, 0.5) is 0 Å². The molecule has 0 spiro atoms. The minimum Gasteiger partial charge on any atom is -0.356 e. The summed E-state index contributed by atoms with van der Waals surface area (Å²) in [7, 11) is 2.09. The first-order chi connectivity index (χ1) is 10.6. The smallest absolute Gasteiger partial charge is 0.225 e. The first kappa shape index (κ1) is 18.7. The lowest BCUT2D eigenvalue weighted by atomic mass is 9.80. The maximum absolute atomic E-state index is 12.2. The molecule has 0 aliphatic carbocycles. The molecule has 3 heteroatoms. The van der Waals surface area contributed by atoms with Crippen molar-refractivity contribution in [1.82, 2.24) is 10.2 Å². The fourth-order valence-corrected chi connectivity index (χ4v) is 2.79. The summed E-state index contributed by atoms with van der Waals surface area (Å²) in [5.41, 5.74) is 1.29. The highest BCUT2D eigenvalue weighted by atomic mass is 16.1. The molecule has 1 fully saturated rings. The summed E-state index contributed by atoms with van der Waals surface area (Å²) in [4.78, 5) is 14.4. The van der Waals surface area contributed by atoms with Gasteiger partial charge in [0.05, 0.1) is 5.92 Å². The van der Waals surface area contributed by atoms with Gasteiger partial charge in [-0.3, -0.25) is 4.79 Å². The minimum absolute atomic E-state index is 0.0751. The largest absolute Gasteiger partial charge is 0.356 e. The van der Waals surface area contributed by atoms with Gasteiger partial charge in [-0.2, -0.15) is 0 Å². The number of carbonyl (C=O) groups excluding carboxylic acids is 1. The van der Waals surface area contributed by atoms with Gasteiger partial charge in [-0.25, -0.2) is 0 Å². The molecule has 2 atom stereocenters. The maximum atomic E-state index is 12.2. The van der Waals surface area contributed by atoms with E-state index in [1.54, 1.807) is 0 Å². The average molecular weight is 304 g/mol. The van der Waals surface area contributed by atoms with Crippen LogP contribution >= 0.6 is 0 Å². The van der Waals surface area contributed by atoms with Crippen molar-refractivity contribution in [2.45, 2.75) is 46.0 Å². The van der Waals surface area contributed by atoms with Crippen LogP contribution < -0.4 is 5.32 Å². The van der Waals surface area contributed by atoms with Gasteiger partial charge in [-0.15, -0.1) is 0 Å². The van der Waals surface area contributed by atoms with Crippen LogP contribution in [0.25, 0.3) is 0 Å². The van der Waals surface area contributed by atoms with Crippen molar-refractivity contribution in [3.63, 3.8) is 0 Å². The third-order valence-electron chi connectivity index (χ3n) is 4.23. The maximum Gasteiger partial charge on any atom is 0.225 e. The SMILES string of the molecule is CCCC.CCNC(=O)C1CN(C)CCC1c1ccccc1. The van der Waals surface area contributed by atoms with Crippen molar-refractivity contribution in [2.24, 2.45) is 5.92 Å². The Labute approximate surface area is 136 Å². The first-order valence-corrected chi connectivity index (χ1v) is 8.65. The van der Waals surface area contributed by atoms with Crippen molar-refractivity contribution >= 4 is 5.91 Å². The molecule has 1 N–H and O–H groups in total. The molecule has 2 rings (SSSR count). The second kappa shape index (κ2) is 10.4. The number of benzene rings is 1. The Kier molecular flexibility index (Phi) is 8.83. The molecule has 1 aromatic carbocycles. The van der Waals surface area contributed by atoms with E-state index in [4.69, 9.17) is 0 Å². The zero-order chi connectivity index (χ0) is 16.4. The Balaban J connectivity index is 0.000000541. The lowest BCUT2D eigenvalue weighted by molar-refractivity contribution is -0.127. The molecule has 0 radical (unpaired) electrons. The van der Waals surface area contributed by atoms with Crippen LogP contribution in [0.3, 0.4) is 0 Å². The van der Waals surface area contributed by atoms with E-state index in [9.17, 15) is 4.79 Å². The van der Waals surface area contributed by atoms with Crippen LogP contribution in [0.5, 0.6) is 0 Å². The summed E-state index contributed by atoms with van der Waals surface area (Å²) in [6, 6.07) is 10.4. The van der Waals surface area contributed by atoms with Gasteiger partial charge in [0.25, 0.3) is 0 Å². The third kappa shape index (κ3) is 5.80. The zero-order valence-electron chi connectivity index (χ0n) is 14.6. The molecule has 2 unspecified atom stereocenters. The van der Waals surface area contributed by atoms with E-state index in [-0.39, 0.29) is 11.8 Å². The molecule has 1 amide bonds. The zero-order valence-corrected chi connectivity index (χ0v) is 14.6. The van der Waals surface area contributed by atoms with Crippen molar-refractivity contribution in [3.8, 4) is 0 Å². The number of hydrogen-bond donors (Lipinski definition) is 1. The van der Waals surface area contributed by atoms with Crippen LogP contribution in [0, 0.1) is 5.92 Å². The highest BCUT2D eigenvalue weighted by Gasteiger charge is 2.33. The normalized spacial score (nSPS) is 21.6. The topological polar surface area (TPSA) is 32.3 Å². The molecular formula is C19H32N2O. The Morgan fingerprint density at radius 3 is 2.36 bits per heavy atom. The van der Waals surface area contributed by atoms with E-state index in [2.05, 4.69) is 55.4 Å². The summed E-state index contributed by atoms with van der Waals surface area (Å²) in [6.07, 6.45) is 3.70. The van der Waals surface area contributed by atoms with E-state index in [1.165, 1.54) is 18.4 Å². The molecule has 22 heavy (non-hydrogen) atoms. The van der Waals surface area contributed by atoms with Crippen molar-refractivity contribution in [2.75, 3.05) is 26.7 Å². The highest BCUT2D eigenvalue weighted by molar-refractivity contribution is 5.80. The van der Waals surface area contributed by atoms with Crippen LogP contribution in [0.1, 0.15) is 51.5 Å². The second-order valence-corrected chi connectivity index (χ2v) is 6.07. The molecule has 1 aliphatic heterocycles. The number of piperidine rings is 1. The lowest BCUT2D eigenvalue weighted by Crippen LogP contribution is -2.45. The minimum atomic E-state index is 0.0751. The molecule has 124 valence electrons. The van der Waals surface area contributed by atoms with Gasteiger partial charge in [0.1, 0.15) is 0 Å². The molecule has 1 aliphatic rings. The van der Waals surface area contributed by atoms with Gasteiger partial charge in [0, 0.05) is 13.1 Å². The van der Waals surface area contributed by atoms with Gasteiger partial charge >= 0.3 is 0 Å². The number of amides is 1. The van der Waals surface area contributed by atoms with Crippen molar-refractivity contribution in [3.05, 3.63) is 35.9 Å². The molecule has 0 bridgehead atoms. The van der Waals surface area contributed by atoms with Crippen LogP contribution in [0.15, 0.2) is 30.3 Å². The van der Waals surface area contributed by atoms with E-state index in [0.29, 0.717) is 12.5 Å². The molecule has 0 aromatic heterocycles. The molecule has 1 aromatic rings. The summed E-state index contributed by atoms with van der Waals surface area (Å²) >= 11 is 0. The Morgan fingerprint density at radius 2 is 1.82 bits per heavy atom. The molecule has 3 nitrogen and oxygen atoms in total. The standard InChI is InChI=1S/C15H22N2O.C4H10/c1-3-16-15(18)14-11-17(2)10-9-13(14)12-7-5-4-6-8-12;1-3-4-2/h4-8,13-14H,3,9-11H2,1-2H3,(H,16,18);3-4H2,1-2H3. The predicted molar refractivity (Wildman–Crippen MR) is 94.1 cm³/mol. The van der Waals surface area contributed by atoms with Gasteiger partial charge in [-0.05, 0) is 38.4 Å². The molecule has 1 saturated heterocycles. The van der Waals surface area contributed by atoms with Crippen LogP contribution in [-0.4, -0.2) is 37.5 Å². The summed E-state index contributed by atoms with van der Waals surface area (Å²) in [6.45, 7) is 8.96. The van der Waals surface area contributed by atoms with Gasteiger partial charge in [0.2, 0.25) is 5.91 Å². The van der Waals surface area contributed by atoms with Crippen LogP contribution in [0.2, 0.25) is 0 Å². The molecule has 0 saturated carbocycles. The van der Waals surface area contributed by atoms with E-state index >= 15 is 0 Å².